The van der Waals surface area contributed by atoms with E-state index in [0.717, 1.165) is 11.1 Å². The molecule has 1 spiro atoms. The summed E-state index contributed by atoms with van der Waals surface area (Å²) in [7, 11) is 1.50. The Kier molecular flexibility index (Phi) is 7.58. The summed E-state index contributed by atoms with van der Waals surface area (Å²) in [4.78, 5) is 57.5. The second-order valence-electron chi connectivity index (χ2n) is 10.6. The molecule has 2 heterocycles. The third-order valence-electron chi connectivity index (χ3n) is 7.81. The molecule has 2 aromatic carbocycles. The number of amides is 5. The molecule has 2 aliphatic heterocycles. The Balaban J connectivity index is 1.52. The maximum Gasteiger partial charge on any atom is 0.327 e. The number of benzene rings is 2. The largest absolute Gasteiger partial charge is 0.341 e. The maximum atomic E-state index is 14.3. The van der Waals surface area contributed by atoms with Crippen LogP contribution >= 0.6 is 0 Å². The van der Waals surface area contributed by atoms with Gasteiger partial charge in [0.15, 0.2) is 0 Å². The van der Waals surface area contributed by atoms with Gasteiger partial charge in [-0.15, -0.1) is 0 Å². The van der Waals surface area contributed by atoms with Crippen molar-refractivity contribution in [1.82, 2.24) is 20.0 Å². The van der Waals surface area contributed by atoms with E-state index in [2.05, 4.69) is 5.32 Å². The third-order valence-corrected chi connectivity index (χ3v) is 7.81. The predicted octanol–water partition coefficient (Wildman–Crippen LogP) is 3.90. The lowest BCUT2D eigenvalue weighted by Crippen LogP contribution is -2.60. The molecule has 5 amide bonds. The molecule has 1 N–H and O–H groups in total. The highest BCUT2D eigenvalue weighted by Gasteiger charge is 2.58. The van der Waals surface area contributed by atoms with Crippen LogP contribution in [0.3, 0.4) is 0 Å². The summed E-state index contributed by atoms with van der Waals surface area (Å²) in [6, 6.07) is 12.3. The van der Waals surface area contributed by atoms with Gasteiger partial charge in [-0.3, -0.25) is 19.3 Å². The molecule has 9 heteroatoms. The molecule has 0 aromatic heterocycles. The monoisotopic (exact) mass is 522 g/mol. The molecule has 2 aliphatic rings. The Labute approximate surface area is 222 Å². The van der Waals surface area contributed by atoms with Crippen LogP contribution in [0.1, 0.15) is 61.1 Å². The van der Waals surface area contributed by atoms with E-state index in [4.69, 9.17) is 0 Å². The minimum absolute atomic E-state index is 0.107. The van der Waals surface area contributed by atoms with Crippen LogP contribution in [0.4, 0.5) is 9.18 Å². The van der Waals surface area contributed by atoms with Crippen molar-refractivity contribution < 1.29 is 23.6 Å². The van der Waals surface area contributed by atoms with Gasteiger partial charge in [-0.25, -0.2) is 9.18 Å². The van der Waals surface area contributed by atoms with Gasteiger partial charge in [-0.05, 0) is 50.3 Å². The summed E-state index contributed by atoms with van der Waals surface area (Å²) >= 11 is 0. The van der Waals surface area contributed by atoms with E-state index in [9.17, 15) is 23.6 Å². The maximum absolute atomic E-state index is 14.3. The number of imide groups is 1. The lowest BCUT2D eigenvalue weighted by molar-refractivity contribution is -0.142. The summed E-state index contributed by atoms with van der Waals surface area (Å²) in [5.41, 5.74) is 0.511. The number of carbonyl (C=O) groups is 4. The molecule has 2 saturated heterocycles. The summed E-state index contributed by atoms with van der Waals surface area (Å²) < 4.78 is 14.3. The number of rotatable bonds is 6. The number of likely N-dealkylation sites (N-methyl/N-ethyl adjacent to an activating group) is 1. The van der Waals surface area contributed by atoms with Gasteiger partial charge in [0.05, 0.1) is 11.6 Å². The fourth-order valence-corrected chi connectivity index (χ4v) is 5.56. The topological polar surface area (TPSA) is 90.0 Å². The van der Waals surface area contributed by atoms with E-state index in [1.807, 2.05) is 51.1 Å². The molecule has 2 atom stereocenters. The quantitative estimate of drug-likeness (QED) is 0.583. The van der Waals surface area contributed by atoms with Crippen LogP contribution in [-0.2, 0) is 9.59 Å². The van der Waals surface area contributed by atoms with Crippen LogP contribution < -0.4 is 5.32 Å². The fraction of sp³-hybridized carbons (Fsp3) is 0.448. The summed E-state index contributed by atoms with van der Waals surface area (Å²) in [6.45, 7) is 7.81. The molecular formula is C29H35FN4O4. The molecule has 202 valence electrons. The zero-order valence-corrected chi connectivity index (χ0v) is 22.5. The van der Waals surface area contributed by atoms with Crippen LogP contribution in [0, 0.1) is 18.7 Å². The number of aryl methyl sites for hydroxylation is 1. The van der Waals surface area contributed by atoms with Crippen molar-refractivity contribution in [2.45, 2.75) is 58.2 Å². The van der Waals surface area contributed by atoms with Crippen LogP contribution in [0.2, 0.25) is 0 Å². The van der Waals surface area contributed by atoms with Crippen molar-refractivity contribution in [2.75, 3.05) is 20.1 Å². The second kappa shape index (κ2) is 10.6. The van der Waals surface area contributed by atoms with Crippen molar-refractivity contribution in [2.24, 2.45) is 5.92 Å². The van der Waals surface area contributed by atoms with E-state index >= 15 is 0 Å². The van der Waals surface area contributed by atoms with Gasteiger partial charge in [0.1, 0.15) is 17.4 Å². The van der Waals surface area contributed by atoms with Crippen molar-refractivity contribution in [3.63, 3.8) is 0 Å². The van der Waals surface area contributed by atoms with Crippen LogP contribution in [0.15, 0.2) is 48.5 Å². The standard InChI is InChI=1S/C29H35FN4O4/c1-18(2)24(31-25(35)22-17-19(3)11-12-23(22)30)26(36)33-15-13-29(14-16-33)27(37)32(5)28(38)34(29)20(4)21-9-7-6-8-10-21/h6-12,17-18,20,24H,13-16H2,1-5H3,(H,31,35)/t20?,24-/m1/s1. The average Bonchev–Trinajstić information content (AvgIpc) is 3.08. The first-order chi connectivity index (χ1) is 18.0. The Morgan fingerprint density at radius 3 is 2.24 bits per heavy atom. The number of piperidine rings is 1. The van der Waals surface area contributed by atoms with E-state index in [0.29, 0.717) is 0 Å². The number of halogens is 1. The number of urea groups is 1. The first-order valence-electron chi connectivity index (χ1n) is 13.0. The van der Waals surface area contributed by atoms with Crippen molar-refractivity contribution in [3.05, 3.63) is 71.0 Å². The number of hydrogen-bond acceptors (Lipinski definition) is 4. The number of hydrogen-bond donors (Lipinski definition) is 1. The normalized spacial score (nSPS) is 18.8. The van der Waals surface area contributed by atoms with E-state index in [1.165, 1.54) is 24.1 Å². The summed E-state index contributed by atoms with van der Waals surface area (Å²) in [5.74, 6) is -2.09. The molecule has 8 nitrogen and oxygen atoms in total. The van der Waals surface area contributed by atoms with Gasteiger partial charge < -0.3 is 15.1 Å². The molecule has 0 aliphatic carbocycles. The highest BCUT2D eigenvalue weighted by molar-refractivity contribution is 6.07. The van der Waals surface area contributed by atoms with Crippen molar-refractivity contribution in [3.8, 4) is 0 Å². The van der Waals surface area contributed by atoms with Crippen LogP contribution in [0.5, 0.6) is 0 Å². The SMILES string of the molecule is Cc1ccc(F)c(C(=O)N[C@@H](C(=O)N2CCC3(CC2)C(=O)N(C)C(=O)N3C(C)c2ccccc2)C(C)C)c1. The zero-order chi connectivity index (χ0) is 27.8. The van der Waals surface area contributed by atoms with Gasteiger partial charge in [0, 0.05) is 20.1 Å². The molecule has 4 rings (SSSR count). The Hall–Kier alpha value is -3.75. The minimum atomic E-state index is -1.04. The average molecular weight is 523 g/mol. The van der Waals surface area contributed by atoms with Crippen LogP contribution in [-0.4, -0.2) is 70.2 Å². The Morgan fingerprint density at radius 2 is 1.63 bits per heavy atom. The first-order valence-corrected chi connectivity index (χ1v) is 13.0. The molecule has 2 fully saturated rings. The predicted molar refractivity (Wildman–Crippen MR) is 141 cm³/mol. The lowest BCUT2D eigenvalue weighted by Gasteiger charge is -2.45. The number of nitrogens with one attached hydrogen (secondary N) is 1. The lowest BCUT2D eigenvalue weighted by atomic mass is 9.84. The van der Waals surface area contributed by atoms with Crippen LogP contribution in [0.25, 0.3) is 0 Å². The van der Waals surface area contributed by atoms with Gasteiger partial charge >= 0.3 is 6.03 Å². The molecule has 0 radical (unpaired) electrons. The minimum Gasteiger partial charge on any atom is -0.341 e. The van der Waals surface area contributed by atoms with Gasteiger partial charge in [0.2, 0.25) is 5.91 Å². The molecule has 0 saturated carbocycles. The molecular weight excluding hydrogens is 487 g/mol. The van der Waals surface area contributed by atoms with Gasteiger partial charge in [0.25, 0.3) is 11.8 Å². The zero-order valence-electron chi connectivity index (χ0n) is 22.5. The molecule has 0 bridgehead atoms. The molecule has 38 heavy (non-hydrogen) atoms. The van der Waals surface area contributed by atoms with E-state index in [1.54, 1.807) is 22.8 Å². The molecule has 1 unspecified atom stereocenters. The number of carbonyl (C=O) groups excluding carboxylic acids is 4. The van der Waals surface area contributed by atoms with Crippen molar-refractivity contribution >= 4 is 23.8 Å². The van der Waals surface area contributed by atoms with Gasteiger partial charge in [-0.1, -0.05) is 55.8 Å². The van der Waals surface area contributed by atoms with E-state index in [-0.39, 0.29) is 61.3 Å². The fourth-order valence-electron chi connectivity index (χ4n) is 5.56. The second-order valence-corrected chi connectivity index (χ2v) is 10.6. The van der Waals surface area contributed by atoms with Crippen molar-refractivity contribution in [1.29, 1.82) is 0 Å². The highest BCUT2D eigenvalue weighted by atomic mass is 19.1. The summed E-state index contributed by atoms with van der Waals surface area (Å²) in [6.07, 6.45) is 0.576. The Bertz CT molecular complexity index is 1240. The summed E-state index contributed by atoms with van der Waals surface area (Å²) in [5, 5.41) is 2.72. The van der Waals surface area contributed by atoms with E-state index < -0.39 is 23.3 Å². The third kappa shape index (κ3) is 4.77. The first kappa shape index (κ1) is 27.3. The highest BCUT2D eigenvalue weighted by Crippen LogP contribution is 2.42. The molecule has 2 aromatic rings. The smallest absolute Gasteiger partial charge is 0.327 e. The number of nitrogens with zero attached hydrogens (tertiary/aromatic N) is 3. The Morgan fingerprint density at radius 1 is 1.00 bits per heavy atom. The number of likely N-dealkylation sites (tertiary alicyclic amines) is 1. The van der Waals surface area contributed by atoms with Gasteiger partial charge in [-0.2, -0.15) is 0 Å².